The summed E-state index contributed by atoms with van der Waals surface area (Å²) in [4.78, 5) is 20.8. The minimum Gasteiger partial charge on any atom is -0.302 e. The largest absolute Gasteiger partial charge is 0.302 e. The number of carbonyl (C=O) groups excluding carboxylic acids is 1. The molecule has 1 atom stereocenters. The zero-order valence-electron chi connectivity index (χ0n) is 14.3. The molecule has 0 spiro atoms. The highest BCUT2D eigenvalue weighted by Gasteiger charge is 2.23. The molecule has 4 rings (SSSR count). The molecular weight excluding hydrogens is 330 g/mol. The Morgan fingerprint density at radius 3 is 2.96 bits per heavy atom. The number of hydrogen-bond donors (Lipinski definition) is 1. The first-order valence-electron chi connectivity index (χ1n) is 8.98. The van der Waals surface area contributed by atoms with Gasteiger partial charge in [0.15, 0.2) is 5.13 Å². The summed E-state index contributed by atoms with van der Waals surface area (Å²) in [5.74, 6) is 0.220. The third-order valence-electron chi connectivity index (χ3n) is 4.93. The molecule has 5 heteroatoms. The molecule has 1 aromatic heterocycles. The lowest BCUT2D eigenvalue weighted by atomic mass is 9.94. The van der Waals surface area contributed by atoms with E-state index < -0.39 is 0 Å². The summed E-state index contributed by atoms with van der Waals surface area (Å²) in [7, 11) is 0. The van der Waals surface area contributed by atoms with E-state index in [1.54, 1.807) is 11.3 Å². The second-order valence-electron chi connectivity index (χ2n) is 6.81. The van der Waals surface area contributed by atoms with Crippen LogP contribution in [-0.2, 0) is 24.3 Å². The van der Waals surface area contributed by atoms with E-state index in [4.69, 9.17) is 0 Å². The molecule has 0 saturated carbocycles. The number of fused-ring (bicyclic) bond motifs is 1. The summed E-state index contributed by atoms with van der Waals surface area (Å²) in [6.07, 6.45) is 8.02. The normalized spacial score (nSPS) is 20.2. The number of nitrogens with zero attached hydrogens (tertiary/aromatic N) is 2. The Morgan fingerprint density at radius 1 is 1.28 bits per heavy atom. The Morgan fingerprint density at radius 2 is 2.16 bits per heavy atom. The summed E-state index contributed by atoms with van der Waals surface area (Å²) in [6.45, 7) is 2.91. The van der Waals surface area contributed by atoms with E-state index >= 15 is 0 Å². The lowest BCUT2D eigenvalue weighted by molar-refractivity contribution is -0.120. The average Bonchev–Trinajstić information content (AvgIpc) is 3.05. The summed E-state index contributed by atoms with van der Waals surface area (Å²) in [5.41, 5.74) is 2.50. The van der Waals surface area contributed by atoms with Crippen LogP contribution in [0.15, 0.2) is 42.5 Å². The number of thiazole rings is 1. The molecule has 2 heterocycles. The van der Waals surface area contributed by atoms with Crippen molar-refractivity contribution in [1.29, 1.82) is 0 Å². The summed E-state index contributed by atoms with van der Waals surface area (Å²) < 4.78 is 0. The molecule has 1 aliphatic carbocycles. The zero-order chi connectivity index (χ0) is 17.1. The van der Waals surface area contributed by atoms with Crippen molar-refractivity contribution in [1.82, 2.24) is 9.88 Å². The number of nitrogens with one attached hydrogen (secondary N) is 1. The smallest absolute Gasteiger partial charge is 0.229 e. The Hall–Kier alpha value is -1.98. The Kier molecular flexibility index (Phi) is 4.95. The van der Waals surface area contributed by atoms with E-state index in [0.717, 1.165) is 56.1 Å². The molecule has 1 unspecified atom stereocenters. The molecule has 0 saturated heterocycles. The molecule has 4 nitrogen and oxygen atoms in total. The minimum atomic E-state index is 0.0977. The first-order chi connectivity index (χ1) is 12.3. The number of anilines is 1. The van der Waals surface area contributed by atoms with Gasteiger partial charge in [-0.3, -0.25) is 9.69 Å². The van der Waals surface area contributed by atoms with Gasteiger partial charge in [0, 0.05) is 36.9 Å². The zero-order valence-corrected chi connectivity index (χ0v) is 15.1. The molecule has 1 aromatic carbocycles. The number of rotatable bonds is 4. The third kappa shape index (κ3) is 3.99. The predicted octanol–water partition coefficient (Wildman–Crippen LogP) is 4.00. The number of aromatic nitrogens is 1. The van der Waals surface area contributed by atoms with E-state index in [-0.39, 0.29) is 11.8 Å². The van der Waals surface area contributed by atoms with E-state index in [1.165, 1.54) is 10.4 Å². The molecule has 0 bridgehead atoms. The first kappa shape index (κ1) is 16.5. The topological polar surface area (TPSA) is 45.2 Å². The molecule has 0 radical (unpaired) electrons. The number of allylic oxidation sites excluding steroid dienone is 2. The van der Waals surface area contributed by atoms with Gasteiger partial charge in [0.2, 0.25) is 5.91 Å². The van der Waals surface area contributed by atoms with Gasteiger partial charge in [0.25, 0.3) is 0 Å². The molecule has 130 valence electrons. The highest BCUT2D eigenvalue weighted by atomic mass is 32.1. The Balaban J connectivity index is 1.38. The van der Waals surface area contributed by atoms with Gasteiger partial charge in [-0.1, -0.05) is 42.5 Å². The van der Waals surface area contributed by atoms with Crippen molar-refractivity contribution >= 4 is 22.4 Å². The van der Waals surface area contributed by atoms with Crippen LogP contribution in [-0.4, -0.2) is 22.3 Å². The minimum absolute atomic E-state index is 0.0977. The van der Waals surface area contributed by atoms with Gasteiger partial charge in [-0.25, -0.2) is 4.98 Å². The van der Waals surface area contributed by atoms with Crippen LogP contribution in [0.1, 0.15) is 35.4 Å². The monoisotopic (exact) mass is 353 g/mol. The van der Waals surface area contributed by atoms with Crippen LogP contribution in [0.25, 0.3) is 0 Å². The summed E-state index contributed by atoms with van der Waals surface area (Å²) in [6, 6.07) is 10.6. The van der Waals surface area contributed by atoms with Crippen molar-refractivity contribution in [2.24, 2.45) is 5.92 Å². The fourth-order valence-electron chi connectivity index (χ4n) is 3.52. The van der Waals surface area contributed by atoms with E-state index in [1.807, 2.05) is 0 Å². The highest BCUT2D eigenvalue weighted by Crippen LogP contribution is 2.30. The average molecular weight is 353 g/mol. The Labute approximate surface area is 152 Å². The van der Waals surface area contributed by atoms with Gasteiger partial charge < -0.3 is 5.32 Å². The van der Waals surface area contributed by atoms with Crippen LogP contribution in [0.3, 0.4) is 0 Å². The number of benzene rings is 1. The molecule has 1 aliphatic heterocycles. The van der Waals surface area contributed by atoms with Crippen LogP contribution in [0.4, 0.5) is 5.13 Å². The van der Waals surface area contributed by atoms with Crippen molar-refractivity contribution in [3.63, 3.8) is 0 Å². The van der Waals surface area contributed by atoms with Crippen molar-refractivity contribution in [2.75, 3.05) is 11.9 Å². The van der Waals surface area contributed by atoms with E-state index in [0.29, 0.717) is 0 Å². The maximum Gasteiger partial charge on any atom is 0.229 e. The van der Waals surface area contributed by atoms with Gasteiger partial charge >= 0.3 is 0 Å². The standard InChI is InChI=1S/C20H23N3OS/c24-19(16-9-5-2-6-10-16)22-20-21-17-11-12-23(14-18(17)25-20)13-15-7-3-1-4-8-15/h1-5,7-8,16H,6,9-14H2,(H,21,22,24). The molecule has 0 fully saturated rings. The maximum atomic E-state index is 12.4. The van der Waals surface area contributed by atoms with Crippen LogP contribution < -0.4 is 5.32 Å². The molecule has 1 N–H and O–H groups in total. The SMILES string of the molecule is O=C(Nc1nc2c(s1)CN(Cc1ccccc1)CC2)C1CC=CCC1. The van der Waals surface area contributed by atoms with Gasteiger partial charge in [0.05, 0.1) is 5.69 Å². The fraction of sp³-hybridized carbons (Fsp3) is 0.400. The van der Waals surface area contributed by atoms with Crippen LogP contribution >= 0.6 is 11.3 Å². The molecule has 25 heavy (non-hydrogen) atoms. The summed E-state index contributed by atoms with van der Waals surface area (Å²) in [5, 5.41) is 3.82. The lowest BCUT2D eigenvalue weighted by Gasteiger charge is -2.25. The van der Waals surface area contributed by atoms with Crippen LogP contribution in [0, 0.1) is 5.92 Å². The molecular formula is C20H23N3OS. The Bertz CT molecular complexity index is 769. The van der Waals surface area contributed by atoms with Crippen molar-refractivity contribution in [3.05, 3.63) is 58.6 Å². The van der Waals surface area contributed by atoms with Gasteiger partial charge in [0.1, 0.15) is 0 Å². The summed E-state index contributed by atoms with van der Waals surface area (Å²) >= 11 is 1.64. The van der Waals surface area contributed by atoms with Gasteiger partial charge in [-0.2, -0.15) is 0 Å². The molecule has 1 amide bonds. The van der Waals surface area contributed by atoms with Gasteiger partial charge in [-0.15, -0.1) is 11.3 Å². The highest BCUT2D eigenvalue weighted by molar-refractivity contribution is 7.15. The third-order valence-corrected chi connectivity index (χ3v) is 5.93. The quantitative estimate of drug-likeness (QED) is 0.845. The van der Waals surface area contributed by atoms with Crippen molar-refractivity contribution in [3.8, 4) is 0 Å². The number of carbonyl (C=O) groups is 1. The van der Waals surface area contributed by atoms with Crippen LogP contribution in [0.2, 0.25) is 0 Å². The number of amides is 1. The van der Waals surface area contributed by atoms with Crippen molar-refractivity contribution in [2.45, 2.75) is 38.8 Å². The second-order valence-corrected chi connectivity index (χ2v) is 7.89. The predicted molar refractivity (Wildman–Crippen MR) is 101 cm³/mol. The number of hydrogen-bond acceptors (Lipinski definition) is 4. The van der Waals surface area contributed by atoms with Gasteiger partial charge in [-0.05, 0) is 24.8 Å². The first-order valence-corrected chi connectivity index (χ1v) is 9.80. The lowest BCUT2D eigenvalue weighted by Crippen LogP contribution is -2.29. The fourth-order valence-corrected chi connectivity index (χ4v) is 4.57. The van der Waals surface area contributed by atoms with Crippen LogP contribution in [0.5, 0.6) is 0 Å². The second kappa shape index (κ2) is 7.50. The van der Waals surface area contributed by atoms with Crippen molar-refractivity contribution < 1.29 is 4.79 Å². The maximum absolute atomic E-state index is 12.4. The molecule has 2 aliphatic rings. The van der Waals surface area contributed by atoms with E-state index in [9.17, 15) is 4.79 Å². The van der Waals surface area contributed by atoms with E-state index in [2.05, 4.69) is 57.7 Å². The molecule has 2 aromatic rings.